The minimum atomic E-state index is -0.775. The number of nitriles is 1. The van der Waals surface area contributed by atoms with Gasteiger partial charge in [-0.05, 0) is 48.8 Å². The molecule has 96 valence electrons. The zero-order valence-electron chi connectivity index (χ0n) is 10.2. The number of carbonyl (C=O) groups is 1. The van der Waals surface area contributed by atoms with E-state index in [9.17, 15) is 9.18 Å². The van der Waals surface area contributed by atoms with Crippen molar-refractivity contribution < 1.29 is 13.9 Å². The van der Waals surface area contributed by atoms with E-state index in [0.29, 0.717) is 0 Å². The van der Waals surface area contributed by atoms with E-state index in [4.69, 9.17) is 10.00 Å². The summed E-state index contributed by atoms with van der Waals surface area (Å²) in [6.07, 6.45) is -0.775. The van der Waals surface area contributed by atoms with Gasteiger partial charge in [-0.25, -0.2) is 9.18 Å². The minimum absolute atomic E-state index is 0.102. The summed E-state index contributed by atoms with van der Waals surface area (Å²) < 4.78 is 18.8. The number of hydrogen-bond donors (Lipinski definition) is 1. The highest BCUT2D eigenvalue weighted by Gasteiger charge is 2.18. The molecule has 0 bridgehead atoms. The van der Waals surface area contributed by atoms with Crippen LogP contribution in [0.2, 0.25) is 0 Å². The topological polar surface area (TPSA) is 62.1 Å². The Balaban J connectivity index is 2.95. The van der Waals surface area contributed by atoms with Crippen molar-refractivity contribution in [2.45, 2.75) is 26.4 Å². The first-order valence-electron chi connectivity index (χ1n) is 5.12. The SMILES string of the molecule is CC(C)(C)OC(=O)Nc1cc(C#N)cc(Br)c1F. The molecule has 1 aromatic carbocycles. The molecule has 18 heavy (non-hydrogen) atoms. The molecule has 0 saturated carbocycles. The number of nitrogens with zero attached hydrogens (tertiary/aromatic N) is 1. The highest BCUT2D eigenvalue weighted by Crippen LogP contribution is 2.25. The third-order valence-electron chi connectivity index (χ3n) is 1.79. The Hall–Kier alpha value is -1.61. The Kier molecular flexibility index (Phi) is 4.30. The maximum absolute atomic E-state index is 13.7. The zero-order chi connectivity index (χ0) is 13.9. The molecule has 0 aliphatic rings. The first kappa shape index (κ1) is 14.5. The van der Waals surface area contributed by atoms with E-state index in [1.807, 2.05) is 6.07 Å². The van der Waals surface area contributed by atoms with Crippen molar-refractivity contribution in [3.8, 4) is 6.07 Å². The van der Waals surface area contributed by atoms with E-state index < -0.39 is 17.5 Å². The van der Waals surface area contributed by atoms with Gasteiger partial charge in [0.05, 0.1) is 21.8 Å². The average molecular weight is 315 g/mol. The van der Waals surface area contributed by atoms with E-state index in [0.717, 1.165) is 0 Å². The number of rotatable bonds is 1. The maximum atomic E-state index is 13.7. The van der Waals surface area contributed by atoms with Crippen LogP contribution in [0.1, 0.15) is 26.3 Å². The molecule has 1 N–H and O–H groups in total. The fraction of sp³-hybridized carbons (Fsp3) is 0.333. The number of carbonyl (C=O) groups excluding carboxylic acids is 1. The molecule has 0 aliphatic carbocycles. The van der Waals surface area contributed by atoms with Crippen LogP contribution in [0, 0.1) is 17.1 Å². The molecule has 1 amide bonds. The van der Waals surface area contributed by atoms with Crippen molar-refractivity contribution in [2.24, 2.45) is 0 Å². The van der Waals surface area contributed by atoms with Gasteiger partial charge < -0.3 is 4.74 Å². The van der Waals surface area contributed by atoms with Crippen LogP contribution >= 0.6 is 15.9 Å². The monoisotopic (exact) mass is 314 g/mol. The summed E-state index contributed by atoms with van der Waals surface area (Å²) in [6.45, 7) is 5.10. The standard InChI is InChI=1S/C12H12BrFN2O2/c1-12(2,3)18-11(17)16-9-5-7(6-15)4-8(13)10(9)14/h4-5H,1-3H3,(H,16,17). The second-order valence-corrected chi connectivity index (χ2v) is 5.41. The number of benzene rings is 1. The molecule has 0 heterocycles. The maximum Gasteiger partial charge on any atom is 0.412 e. The van der Waals surface area contributed by atoms with Crippen molar-refractivity contribution in [2.75, 3.05) is 5.32 Å². The number of amides is 1. The molecule has 0 atom stereocenters. The number of anilines is 1. The summed E-state index contributed by atoms with van der Waals surface area (Å²) in [5.41, 5.74) is -0.547. The summed E-state index contributed by atoms with van der Waals surface area (Å²) in [6, 6.07) is 4.44. The first-order valence-corrected chi connectivity index (χ1v) is 5.91. The molecule has 0 aliphatic heterocycles. The van der Waals surface area contributed by atoms with Crippen LogP contribution in [0.4, 0.5) is 14.9 Å². The van der Waals surface area contributed by atoms with Gasteiger partial charge in [-0.2, -0.15) is 5.26 Å². The van der Waals surface area contributed by atoms with Crippen LogP contribution in [0.3, 0.4) is 0 Å². The molecular weight excluding hydrogens is 303 g/mol. The van der Waals surface area contributed by atoms with Gasteiger partial charge in [-0.1, -0.05) is 0 Å². The van der Waals surface area contributed by atoms with Gasteiger partial charge in [0.25, 0.3) is 0 Å². The number of halogens is 2. The lowest BCUT2D eigenvalue weighted by molar-refractivity contribution is 0.0635. The van der Waals surface area contributed by atoms with Gasteiger partial charge in [0.15, 0.2) is 5.82 Å². The van der Waals surface area contributed by atoms with Crippen LogP contribution in [0.25, 0.3) is 0 Å². The van der Waals surface area contributed by atoms with Crippen molar-refractivity contribution >= 4 is 27.7 Å². The predicted octanol–water partition coefficient (Wildman–Crippen LogP) is 3.81. The molecule has 0 fully saturated rings. The number of nitrogens with one attached hydrogen (secondary N) is 1. The molecule has 0 unspecified atom stereocenters. The molecule has 0 radical (unpaired) electrons. The largest absolute Gasteiger partial charge is 0.444 e. The molecule has 1 aromatic rings. The van der Waals surface area contributed by atoms with E-state index in [2.05, 4.69) is 21.2 Å². The Morgan fingerprint density at radius 1 is 1.50 bits per heavy atom. The van der Waals surface area contributed by atoms with Gasteiger partial charge in [0.1, 0.15) is 5.60 Å². The lowest BCUT2D eigenvalue weighted by Gasteiger charge is -2.20. The summed E-state index contributed by atoms with van der Waals surface area (Å²) in [4.78, 5) is 11.5. The average Bonchev–Trinajstić information content (AvgIpc) is 2.21. The highest BCUT2D eigenvalue weighted by atomic mass is 79.9. The molecule has 6 heteroatoms. The summed E-state index contributed by atoms with van der Waals surface area (Å²) >= 11 is 2.97. The van der Waals surface area contributed by atoms with Gasteiger partial charge in [-0.3, -0.25) is 5.32 Å². The quantitative estimate of drug-likeness (QED) is 0.857. The van der Waals surface area contributed by atoms with Crippen molar-refractivity contribution in [1.29, 1.82) is 5.26 Å². The normalized spacial score (nSPS) is 10.7. The van der Waals surface area contributed by atoms with Crippen LogP contribution in [-0.4, -0.2) is 11.7 Å². The van der Waals surface area contributed by atoms with Crippen molar-refractivity contribution in [1.82, 2.24) is 0 Å². The van der Waals surface area contributed by atoms with Gasteiger partial charge in [-0.15, -0.1) is 0 Å². The third kappa shape index (κ3) is 4.00. The smallest absolute Gasteiger partial charge is 0.412 e. The number of ether oxygens (including phenoxy) is 1. The second-order valence-electron chi connectivity index (χ2n) is 4.56. The van der Waals surface area contributed by atoms with E-state index in [-0.39, 0.29) is 15.7 Å². The summed E-state index contributed by atoms with van der Waals surface area (Å²) in [7, 11) is 0. The van der Waals surface area contributed by atoms with Crippen LogP contribution in [0.15, 0.2) is 16.6 Å². The van der Waals surface area contributed by atoms with Crippen molar-refractivity contribution in [3.05, 3.63) is 28.0 Å². The molecule has 0 aromatic heterocycles. The van der Waals surface area contributed by atoms with Crippen molar-refractivity contribution in [3.63, 3.8) is 0 Å². The predicted molar refractivity (Wildman–Crippen MR) is 68.7 cm³/mol. The summed E-state index contributed by atoms with van der Waals surface area (Å²) in [5.74, 6) is -0.653. The first-order chi connectivity index (χ1) is 8.23. The molecular formula is C12H12BrFN2O2. The van der Waals surface area contributed by atoms with E-state index in [1.54, 1.807) is 20.8 Å². The fourth-order valence-electron chi connectivity index (χ4n) is 1.16. The Labute approximate surface area is 113 Å². The Morgan fingerprint density at radius 2 is 2.11 bits per heavy atom. The van der Waals surface area contributed by atoms with E-state index >= 15 is 0 Å². The highest BCUT2D eigenvalue weighted by molar-refractivity contribution is 9.10. The van der Waals surface area contributed by atoms with Crippen LogP contribution in [-0.2, 0) is 4.74 Å². The second kappa shape index (κ2) is 5.36. The fourth-order valence-corrected chi connectivity index (χ4v) is 1.62. The van der Waals surface area contributed by atoms with E-state index in [1.165, 1.54) is 12.1 Å². The summed E-state index contributed by atoms with van der Waals surface area (Å²) in [5, 5.41) is 11.0. The lowest BCUT2D eigenvalue weighted by atomic mass is 10.2. The number of hydrogen-bond acceptors (Lipinski definition) is 3. The van der Waals surface area contributed by atoms with Gasteiger partial charge >= 0.3 is 6.09 Å². The minimum Gasteiger partial charge on any atom is -0.444 e. The molecule has 0 spiro atoms. The molecule has 0 saturated heterocycles. The van der Waals surface area contributed by atoms with Gasteiger partial charge in [0.2, 0.25) is 0 Å². The zero-order valence-corrected chi connectivity index (χ0v) is 11.8. The Morgan fingerprint density at radius 3 is 2.61 bits per heavy atom. The van der Waals surface area contributed by atoms with Gasteiger partial charge in [0, 0.05) is 0 Å². The molecule has 1 rings (SSSR count). The van der Waals surface area contributed by atoms with Crippen LogP contribution in [0.5, 0.6) is 0 Å². The van der Waals surface area contributed by atoms with Crippen LogP contribution < -0.4 is 5.32 Å². The Bertz CT molecular complexity index is 518. The third-order valence-corrected chi connectivity index (χ3v) is 2.37. The molecule has 4 nitrogen and oxygen atoms in total. The lowest BCUT2D eigenvalue weighted by Crippen LogP contribution is -2.27.